The van der Waals surface area contributed by atoms with E-state index < -0.39 is 23.9 Å². The number of rotatable bonds is 7. The molecule has 4 rings (SSSR count). The second-order valence-electron chi connectivity index (χ2n) is 10.4. The first-order valence-corrected chi connectivity index (χ1v) is 12.8. The zero-order valence-corrected chi connectivity index (χ0v) is 21.3. The highest BCUT2D eigenvalue weighted by atomic mass is 19.4. The molecule has 1 aromatic carbocycles. The summed E-state index contributed by atoms with van der Waals surface area (Å²) < 4.78 is 39.8. The Morgan fingerprint density at radius 3 is 2.64 bits per heavy atom. The van der Waals surface area contributed by atoms with Crippen LogP contribution in [0.3, 0.4) is 0 Å². The highest BCUT2D eigenvalue weighted by molar-refractivity contribution is 5.93. The highest BCUT2D eigenvalue weighted by Gasteiger charge is 2.44. The molecule has 2 fully saturated rings. The molecule has 1 aromatic heterocycles. The molecule has 2 aliphatic rings. The Morgan fingerprint density at radius 2 is 1.97 bits per heavy atom. The summed E-state index contributed by atoms with van der Waals surface area (Å²) in [7, 11) is 2.11. The Balaban J connectivity index is 1.53. The van der Waals surface area contributed by atoms with Crippen LogP contribution in [0.1, 0.15) is 58.4 Å². The molecule has 2 N–H and O–H groups in total. The van der Waals surface area contributed by atoms with Crippen molar-refractivity contribution >= 4 is 22.6 Å². The zero-order valence-electron chi connectivity index (χ0n) is 21.3. The molecule has 2 heterocycles. The van der Waals surface area contributed by atoms with E-state index in [0.717, 1.165) is 31.4 Å². The number of benzene rings is 1. The van der Waals surface area contributed by atoms with Gasteiger partial charge in [-0.3, -0.25) is 4.79 Å². The Kier molecular flexibility index (Phi) is 7.75. The minimum absolute atomic E-state index is 0.0214. The van der Waals surface area contributed by atoms with Gasteiger partial charge in [-0.05, 0) is 71.2 Å². The summed E-state index contributed by atoms with van der Waals surface area (Å²) in [5.74, 6) is 0.105. The molecule has 0 radical (unpaired) electrons. The van der Waals surface area contributed by atoms with Crippen LogP contribution in [0, 0.1) is 5.92 Å². The lowest BCUT2D eigenvalue weighted by Crippen LogP contribution is -2.53. The number of carbonyl (C=O) groups excluding carboxylic acids is 1. The van der Waals surface area contributed by atoms with Gasteiger partial charge in [0.2, 0.25) is 5.91 Å². The van der Waals surface area contributed by atoms with E-state index in [1.165, 1.54) is 12.4 Å². The van der Waals surface area contributed by atoms with Crippen molar-refractivity contribution in [1.29, 1.82) is 0 Å². The maximum atomic E-state index is 13.5. The standard InChI is InChI=1S/C26H36F3N5O2/c1-5-23(35)19-13-17(33(4)15(2)3)7-9-22(19)34-11-10-21(25(34)36)32-24-18-12-16(26(27,28)29)6-8-20(18)30-14-31-24/h6,8,12,14-15,17,19,21-23,35H,5,7,9-11,13H2,1-4H3,(H,30,31,32)/t17-,19-,21?,22+,23?/m1/s1. The topological polar surface area (TPSA) is 81.6 Å². The average Bonchev–Trinajstić information content (AvgIpc) is 3.21. The number of nitrogens with zero attached hydrogens (tertiary/aromatic N) is 4. The number of halogens is 3. The molecular formula is C26H36F3N5O2. The number of nitrogens with one attached hydrogen (secondary N) is 1. The third-order valence-electron chi connectivity index (χ3n) is 8.05. The van der Waals surface area contributed by atoms with Crippen LogP contribution in [0.15, 0.2) is 24.5 Å². The normalized spacial score (nSPS) is 26.3. The van der Waals surface area contributed by atoms with E-state index in [-0.39, 0.29) is 29.1 Å². The number of hydrogen-bond donors (Lipinski definition) is 2. The maximum Gasteiger partial charge on any atom is 0.416 e. The van der Waals surface area contributed by atoms with Gasteiger partial charge in [0, 0.05) is 36.0 Å². The summed E-state index contributed by atoms with van der Waals surface area (Å²) in [5.41, 5.74) is -0.409. The van der Waals surface area contributed by atoms with Crippen molar-refractivity contribution in [2.24, 2.45) is 5.92 Å². The highest BCUT2D eigenvalue weighted by Crippen LogP contribution is 2.37. The number of aliphatic hydroxyl groups is 1. The van der Waals surface area contributed by atoms with E-state index in [0.29, 0.717) is 37.0 Å². The first-order valence-electron chi connectivity index (χ1n) is 12.8. The Labute approximate surface area is 210 Å². The summed E-state index contributed by atoms with van der Waals surface area (Å²) in [6.45, 7) is 6.82. The number of hydrogen-bond acceptors (Lipinski definition) is 6. The molecule has 198 valence electrons. The Bertz CT molecular complexity index is 1080. The molecule has 7 nitrogen and oxygen atoms in total. The quantitative estimate of drug-likeness (QED) is 0.581. The van der Waals surface area contributed by atoms with Gasteiger partial charge in [-0.25, -0.2) is 9.97 Å². The molecule has 2 aromatic rings. The summed E-state index contributed by atoms with van der Waals surface area (Å²) in [6, 6.07) is 3.44. The van der Waals surface area contributed by atoms with Crippen LogP contribution < -0.4 is 5.32 Å². The van der Waals surface area contributed by atoms with Crippen molar-refractivity contribution in [3.8, 4) is 0 Å². The number of aromatic nitrogens is 2. The van der Waals surface area contributed by atoms with Crippen LogP contribution in [0.2, 0.25) is 0 Å². The number of aliphatic hydroxyl groups excluding tert-OH is 1. The van der Waals surface area contributed by atoms with Crippen LogP contribution in [0.4, 0.5) is 19.0 Å². The molecular weight excluding hydrogens is 471 g/mol. The molecule has 2 unspecified atom stereocenters. The molecule has 1 saturated carbocycles. The van der Waals surface area contributed by atoms with Crippen molar-refractivity contribution in [1.82, 2.24) is 19.8 Å². The number of fused-ring (bicyclic) bond motifs is 1. The lowest BCUT2D eigenvalue weighted by atomic mass is 9.76. The molecule has 10 heteroatoms. The fraction of sp³-hybridized carbons (Fsp3) is 0.654. The first kappa shape index (κ1) is 26.6. The zero-order chi connectivity index (χ0) is 26.2. The predicted octanol–water partition coefficient (Wildman–Crippen LogP) is 4.31. The van der Waals surface area contributed by atoms with Crippen LogP contribution in [-0.4, -0.2) is 74.6 Å². The van der Waals surface area contributed by atoms with Crippen molar-refractivity contribution < 1.29 is 23.1 Å². The second kappa shape index (κ2) is 10.5. The minimum atomic E-state index is -4.49. The predicted molar refractivity (Wildman–Crippen MR) is 132 cm³/mol. The minimum Gasteiger partial charge on any atom is -0.393 e. The average molecular weight is 508 g/mol. The van der Waals surface area contributed by atoms with Gasteiger partial charge < -0.3 is 20.2 Å². The van der Waals surface area contributed by atoms with Gasteiger partial charge in [-0.2, -0.15) is 13.2 Å². The Morgan fingerprint density at radius 1 is 1.22 bits per heavy atom. The molecule has 1 aliphatic heterocycles. The smallest absolute Gasteiger partial charge is 0.393 e. The second-order valence-corrected chi connectivity index (χ2v) is 10.4. The van der Waals surface area contributed by atoms with E-state index >= 15 is 0 Å². The SMILES string of the molecule is CCC(O)[C@@H]1C[C@H](N(C)C(C)C)CC[C@@H]1N1CCC(Nc2ncnc3ccc(C(F)(F)F)cc23)C1=O. The van der Waals surface area contributed by atoms with E-state index in [2.05, 4.69) is 41.1 Å². The van der Waals surface area contributed by atoms with Gasteiger partial charge in [0.1, 0.15) is 18.2 Å². The van der Waals surface area contributed by atoms with Crippen LogP contribution in [0.25, 0.3) is 10.9 Å². The lowest BCUT2D eigenvalue weighted by molar-refractivity contribution is -0.137. The van der Waals surface area contributed by atoms with Gasteiger partial charge in [-0.15, -0.1) is 0 Å². The van der Waals surface area contributed by atoms with Crippen LogP contribution in [-0.2, 0) is 11.0 Å². The van der Waals surface area contributed by atoms with E-state index in [4.69, 9.17) is 0 Å². The van der Waals surface area contributed by atoms with Crippen molar-refractivity contribution in [3.63, 3.8) is 0 Å². The third kappa shape index (κ3) is 5.29. The number of anilines is 1. The lowest BCUT2D eigenvalue weighted by Gasteiger charge is -2.46. The largest absolute Gasteiger partial charge is 0.416 e. The molecule has 1 saturated heterocycles. The summed E-state index contributed by atoms with van der Waals surface area (Å²) in [6.07, 6.45) is 0.0331. The molecule has 0 bridgehead atoms. The maximum absolute atomic E-state index is 13.5. The number of amides is 1. The molecule has 1 aliphatic carbocycles. The fourth-order valence-electron chi connectivity index (χ4n) is 5.74. The van der Waals surface area contributed by atoms with Crippen molar-refractivity contribution in [3.05, 3.63) is 30.1 Å². The van der Waals surface area contributed by atoms with Crippen molar-refractivity contribution in [2.45, 2.75) is 89.3 Å². The van der Waals surface area contributed by atoms with E-state index in [1.807, 2.05) is 11.8 Å². The van der Waals surface area contributed by atoms with Crippen molar-refractivity contribution in [2.75, 3.05) is 18.9 Å². The summed E-state index contributed by atoms with van der Waals surface area (Å²) in [4.78, 5) is 26.0. The van der Waals surface area contributed by atoms with Gasteiger partial charge in [0.15, 0.2) is 0 Å². The number of alkyl halides is 3. The monoisotopic (exact) mass is 507 g/mol. The fourth-order valence-corrected chi connectivity index (χ4v) is 5.74. The third-order valence-corrected chi connectivity index (χ3v) is 8.05. The molecule has 1 amide bonds. The number of carbonyl (C=O) groups is 1. The summed E-state index contributed by atoms with van der Waals surface area (Å²) in [5, 5.41) is 14.2. The van der Waals surface area contributed by atoms with Gasteiger partial charge >= 0.3 is 6.18 Å². The molecule has 5 atom stereocenters. The Hall–Kier alpha value is -2.46. The molecule has 0 spiro atoms. The van der Waals surface area contributed by atoms with Crippen LogP contribution in [0.5, 0.6) is 0 Å². The first-order chi connectivity index (χ1) is 17.0. The van der Waals surface area contributed by atoms with E-state index in [1.54, 1.807) is 0 Å². The van der Waals surface area contributed by atoms with Gasteiger partial charge in [0.05, 0.1) is 17.2 Å². The molecule has 36 heavy (non-hydrogen) atoms. The van der Waals surface area contributed by atoms with E-state index in [9.17, 15) is 23.1 Å². The summed E-state index contributed by atoms with van der Waals surface area (Å²) >= 11 is 0. The number of likely N-dealkylation sites (tertiary alicyclic amines) is 1. The van der Waals surface area contributed by atoms with Gasteiger partial charge in [-0.1, -0.05) is 6.92 Å². The van der Waals surface area contributed by atoms with Gasteiger partial charge in [0.25, 0.3) is 0 Å². The van der Waals surface area contributed by atoms with Crippen LogP contribution >= 0.6 is 0 Å².